The van der Waals surface area contributed by atoms with E-state index >= 15 is 0 Å². The second-order valence-electron chi connectivity index (χ2n) is 4.53. The van der Waals surface area contributed by atoms with Crippen molar-refractivity contribution in [2.75, 3.05) is 10.2 Å². The van der Waals surface area contributed by atoms with Crippen LogP contribution in [0.5, 0.6) is 0 Å². The topological polar surface area (TPSA) is 91.0 Å². The summed E-state index contributed by atoms with van der Waals surface area (Å²) >= 11 is 11.7. The third kappa shape index (κ3) is 3.10. The monoisotopic (exact) mass is 349 g/mol. The number of aromatic nitrogens is 3. The lowest BCUT2D eigenvalue weighted by molar-refractivity contribution is -0.106. The Morgan fingerprint density at radius 3 is 2.61 bits per heavy atom. The van der Waals surface area contributed by atoms with Gasteiger partial charge in [0.1, 0.15) is 11.0 Å². The Kier molecular flexibility index (Phi) is 4.14. The van der Waals surface area contributed by atoms with Crippen LogP contribution < -0.4 is 10.2 Å². The number of benzene rings is 2. The number of amides is 3. The molecule has 0 atom stereocenters. The Morgan fingerprint density at radius 2 is 1.87 bits per heavy atom. The van der Waals surface area contributed by atoms with Crippen LogP contribution in [0.2, 0.25) is 10.0 Å². The van der Waals surface area contributed by atoms with E-state index < -0.39 is 6.03 Å². The van der Waals surface area contributed by atoms with E-state index in [9.17, 15) is 9.59 Å². The smallest absolute Gasteiger partial charge is 0.307 e. The summed E-state index contributed by atoms with van der Waals surface area (Å²) in [5, 5.41) is 13.5. The molecule has 116 valence electrons. The van der Waals surface area contributed by atoms with Crippen LogP contribution in [-0.2, 0) is 4.79 Å². The fourth-order valence-electron chi connectivity index (χ4n) is 1.96. The van der Waals surface area contributed by atoms with Crippen LogP contribution in [0.1, 0.15) is 0 Å². The number of urea groups is 1. The highest BCUT2D eigenvalue weighted by Gasteiger charge is 2.16. The number of imide groups is 1. The number of H-pyrrole nitrogens is 1. The summed E-state index contributed by atoms with van der Waals surface area (Å²) < 4.78 is 0. The fourth-order valence-corrected chi connectivity index (χ4v) is 2.25. The van der Waals surface area contributed by atoms with Crippen LogP contribution in [0.25, 0.3) is 11.0 Å². The van der Waals surface area contributed by atoms with Gasteiger partial charge in [-0.15, -0.1) is 0 Å². The molecule has 0 saturated carbocycles. The molecule has 0 fully saturated rings. The zero-order valence-corrected chi connectivity index (χ0v) is 13.0. The molecule has 3 aromatic rings. The first-order valence-corrected chi connectivity index (χ1v) is 7.15. The van der Waals surface area contributed by atoms with Crippen LogP contribution in [0.4, 0.5) is 16.2 Å². The summed E-state index contributed by atoms with van der Waals surface area (Å²) in [6.07, 6.45) is 0.392. The number of anilines is 2. The van der Waals surface area contributed by atoms with Crippen LogP contribution >= 0.6 is 23.2 Å². The summed E-state index contributed by atoms with van der Waals surface area (Å²) in [4.78, 5) is 24.4. The lowest BCUT2D eigenvalue weighted by Crippen LogP contribution is -2.33. The van der Waals surface area contributed by atoms with Gasteiger partial charge in [0.25, 0.3) is 0 Å². The largest absolute Gasteiger partial charge is 0.332 e. The normalized spacial score (nSPS) is 10.5. The standard InChI is InChI=1S/C14H9Cl2N5O2/c15-10-3-2-9(6-11(10)16)21(7-22)14(23)17-8-1-4-12-13(5-8)19-20-18-12/h1-7H,(H,17,23)(H,18,19,20). The number of fused-ring (bicyclic) bond motifs is 1. The summed E-state index contributed by atoms with van der Waals surface area (Å²) in [5.41, 5.74) is 2.03. The summed E-state index contributed by atoms with van der Waals surface area (Å²) in [6, 6.07) is 8.79. The van der Waals surface area contributed by atoms with Crippen molar-refractivity contribution in [2.45, 2.75) is 0 Å². The fraction of sp³-hybridized carbons (Fsp3) is 0. The highest BCUT2D eigenvalue weighted by atomic mass is 35.5. The van der Waals surface area contributed by atoms with E-state index in [1.807, 2.05) is 0 Å². The van der Waals surface area contributed by atoms with E-state index in [1.54, 1.807) is 18.2 Å². The van der Waals surface area contributed by atoms with Gasteiger partial charge in [-0.2, -0.15) is 15.4 Å². The lowest BCUT2D eigenvalue weighted by atomic mass is 10.2. The molecule has 1 aromatic heterocycles. The van der Waals surface area contributed by atoms with Gasteiger partial charge in [0.05, 0.1) is 15.7 Å². The maximum Gasteiger partial charge on any atom is 0.332 e. The van der Waals surface area contributed by atoms with E-state index in [4.69, 9.17) is 23.2 Å². The first-order chi connectivity index (χ1) is 11.1. The average molecular weight is 350 g/mol. The molecule has 0 spiro atoms. The minimum absolute atomic E-state index is 0.243. The van der Waals surface area contributed by atoms with E-state index in [-0.39, 0.29) is 5.02 Å². The van der Waals surface area contributed by atoms with Crippen molar-refractivity contribution in [3.8, 4) is 0 Å². The predicted molar refractivity (Wildman–Crippen MR) is 87.9 cm³/mol. The number of carbonyl (C=O) groups is 2. The minimum Gasteiger partial charge on any atom is -0.307 e. The van der Waals surface area contributed by atoms with Gasteiger partial charge < -0.3 is 5.32 Å². The van der Waals surface area contributed by atoms with Gasteiger partial charge in [0.15, 0.2) is 0 Å². The van der Waals surface area contributed by atoms with E-state index in [0.717, 1.165) is 4.90 Å². The molecule has 0 unspecified atom stereocenters. The molecular formula is C14H9Cl2N5O2. The number of nitrogens with zero attached hydrogens (tertiary/aromatic N) is 3. The third-order valence-corrected chi connectivity index (χ3v) is 3.81. The SMILES string of the molecule is O=CN(C(=O)Nc1ccc2n[nH]nc2c1)c1ccc(Cl)c(Cl)c1. The molecule has 0 bridgehead atoms. The Bertz CT molecular complexity index is 896. The molecular weight excluding hydrogens is 341 g/mol. The molecule has 7 nitrogen and oxygen atoms in total. The summed E-state index contributed by atoms with van der Waals surface area (Å²) in [6.45, 7) is 0. The zero-order valence-electron chi connectivity index (χ0n) is 11.5. The number of hydrogen-bond acceptors (Lipinski definition) is 4. The molecule has 0 aliphatic carbocycles. The molecule has 3 amide bonds. The lowest BCUT2D eigenvalue weighted by Gasteiger charge is -2.17. The number of hydrogen-bond donors (Lipinski definition) is 2. The van der Waals surface area contributed by atoms with Gasteiger partial charge in [0, 0.05) is 5.69 Å². The molecule has 0 aliphatic heterocycles. The molecule has 0 radical (unpaired) electrons. The maximum atomic E-state index is 12.3. The van der Waals surface area contributed by atoms with Gasteiger partial charge in [-0.05, 0) is 36.4 Å². The second-order valence-corrected chi connectivity index (χ2v) is 5.35. The quantitative estimate of drug-likeness (QED) is 0.708. The number of halogens is 2. The van der Waals surface area contributed by atoms with Gasteiger partial charge in [0.2, 0.25) is 6.41 Å². The van der Waals surface area contributed by atoms with Gasteiger partial charge in [-0.1, -0.05) is 23.2 Å². The molecule has 9 heteroatoms. The molecule has 0 saturated heterocycles. The first kappa shape index (κ1) is 15.3. The Balaban J connectivity index is 1.84. The van der Waals surface area contributed by atoms with E-state index in [2.05, 4.69) is 20.7 Å². The van der Waals surface area contributed by atoms with Crippen molar-refractivity contribution in [3.63, 3.8) is 0 Å². The third-order valence-electron chi connectivity index (χ3n) is 3.07. The first-order valence-electron chi connectivity index (χ1n) is 6.39. The highest BCUT2D eigenvalue weighted by molar-refractivity contribution is 6.42. The highest BCUT2D eigenvalue weighted by Crippen LogP contribution is 2.27. The van der Waals surface area contributed by atoms with Crippen LogP contribution in [0.15, 0.2) is 36.4 Å². The number of carbonyl (C=O) groups excluding carboxylic acids is 2. The molecule has 2 aromatic carbocycles. The van der Waals surface area contributed by atoms with Gasteiger partial charge in [-0.25, -0.2) is 9.69 Å². The van der Waals surface area contributed by atoms with E-state index in [0.29, 0.717) is 33.8 Å². The molecule has 23 heavy (non-hydrogen) atoms. The zero-order chi connectivity index (χ0) is 16.4. The molecule has 0 aliphatic rings. The van der Waals surface area contributed by atoms with Crippen LogP contribution in [0, 0.1) is 0 Å². The number of nitrogens with one attached hydrogen (secondary N) is 2. The number of aromatic amines is 1. The van der Waals surface area contributed by atoms with Crippen molar-refractivity contribution in [1.82, 2.24) is 15.4 Å². The maximum absolute atomic E-state index is 12.3. The second kappa shape index (κ2) is 6.23. The van der Waals surface area contributed by atoms with Gasteiger partial charge >= 0.3 is 6.03 Å². The predicted octanol–water partition coefficient (Wildman–Crippen LogP) is 3.46. The van der Waals surface area contributed by atoms with E-state index in [1.165, 1.54) is 18.2 Å². The Labute approximate surface area is 140 Å². The van der Waals surface area contributed by atoms with Gasteiger partial charge in [-0.3, -0.25) is 4.79 Å². The van der Waals surface area contributed by atoms with Crippen molar-refractivity contribution in [2.24, 2.45) is 0 Å². The Morgan fingerprint density at radius 1 is 1.09 bits per heavy atom. The minimum atomic E-state index is -0.638. The average Bonchev–Trinajstić information content (AvgIpc) is 2.99. The summed E-state index contributed by atoms with van der Waals surface area (Å²) in [7, 11) is 0. The molecule has 2 N–H and O–H groups in total. The van der Waals surface area contributed by atoms with Crippen molar-refractivity contribution < 1.29 is 9.59 Å². The van der Waals surface area contributed by atoms with Crippen LogP contribution in [-0.4, -0.2) is 27.9 Å². The van der Waals surface area contributed by atoms with Crippen LogP contribution in [0.3, 0.4) is 0 Å². The van der Waals surface area contributed by atoms with Crippen molar-refractivity contribution >= 4 is 58.1 Å². The Hall–Kier alpha value is -2.64. The summed E-state index contributed by atoms with van der Waals surface area (Å²) in [5.74, 6) is 0. The number of rotatable bonds is 3. The molecule has 3 rings (SSSR count). The van der Waals surface area contributed by atoms with Crippen molar-refractivity contribution in [3.05, 3.63) is 46.4 Å². The molecule has 1 heterocycles. The van der Waals surface area contributed by atoms with Crippen molar-refractivity contribution in [1.29, 1.82) is 0 Å².